The van der Waals surface area contributed by atoms with E-state index in [1.54, 1.807) is 0 Å². The van der Waals surface area contributed by atoms with E-state index < -0.39 is 19.3 Å². The fourth-order valence-corrected chi connectivity index (χ4v) is 3.13. The van der Waals surface area contributed by atoms with Crippen molar-refractivity contribution < 1.29 is 19.1 Å². The second-order valence-electron chi connectivity index (χ2n) is 3.85. The summed E-state index contributed by atoms with van der Waals surface area (Å²) in [6.07, 6.45) is 3.42. The molecule has 0 aromatic carbocycles. The first-order valence-electron chi connectivity index (χ1n) is 5.00. The number of rotatable bonds is 4. The van der Waals surface area contributed by atoms with E-state index in [4.69, 9.17) is 15.5 Å². The molecule has 1 aliphatic carbocycles. The predicted octanol–water partition coefficient (Wildman–Crippen LogP) is -0.245. The molecule has 1 amide bonds. The first-order valence-corrected chi connectivity index (χ1v) is 6.68. The smallest absolute Gasteiger partial charge is 0.341 e. The van der Waals surface area contributed by atoms with Gasteiger partial charge in [0.1, 0.15) is 5.78 Å². The van der Waals surface area contributed by atoms with Gasteiger partial charge in [0.25, 0.3) is 0 Å². The Labute approximate surface area is 88.4 Å². The van der Waals surface area contributed by atoms with Gasteiger partial charge in [0.15, 0.2) is 0 Å². The van der Waals surface area contributed by atoms with Crippen LogP contribution in [0.2, 0.25) is 0 Å². The zero-order valence-corrected chi connectivity index (χ0v) is 9.32. The van der Waals surface area contributed by atoms with Crippen molar-refractivity contribution in [2.24, 2.45) is 11.7 Å². The highest BCUT2D eigenvalue weighted by molar-refractivity contribution is 7.52. The summed E-state index contributed by atoms with van der Waals surface area (Å²) >= 11 is 0. The first-order chi connectivity index (χ1) is 6.95. The summed E-state index contributed by atoms with van der Waals surface area (Å²) < 4.78 is 11.2. The summed E-state index contributed by atoms with van der Waals surface area (Å²) in [6.45, 7) is -0.247. The highest BCUT2D eigenvalue weighted by Crippen LogP contribution is 2.47. The van der Waals surface area contributed by atoms with Gasteiger partial charge in [0, 0.05) is 0 Å². The fraction of sp³-hybridized carbons (Fsp3) is 0.875. The zero-order chi connectivity index (χ0) is 11.5. The van der Waals surface area contributed by atoms with E-state index in [-0.39, 0.29) is 12.5 Å². The molecule has 7 heteroatoms. The van der Waals surface area contributed by atoms with Gasteiger partial charge in [0.2, 0.25) is 5.91 Å². The van der Waals surface area contributed by atoms with Crippen molar-refractivity contribution in [2.45, 2.75) is 31.5 Å². The van der Waals surface area contributed by atoms with Crippen LogP contribution >= 0.6 is 7.60 Å². The highest BCUT2D eigenvalue weighted by Gasteiger charge is 2.38. The van der Waals surface area contributed by atoms with Crippen molar-refractivity contribution in [2.75, 3.05) is 6.54 Å². The lowest BCUT2D eigenvalue weighted by Crippen LogP contribution is -2.42. The molecule has 0 aromatic rings. The fourth-order valence-electron chi connectivity index (χ4n) is 1.97. The number of hydrogen-bond acceptors (Lipinski definition) is 3. The number of amides is 1. The molecule has 5 N–H and O–H groups in total. The van der Waals surface area contributed by atoms with Crippen LogP contribution < -0.4 is 11.1 Å². The first kappa shape index (κ1) is 12.6. The third-order valence-corrected chi connectivity index (χ3v) is 3.98. The molecule has 1 unspecified atom stereocenters. The van der Waals surface area contributed by atoms with Crippen molar-refractivity contribution >= 4 is 13.5 Å². The number of carbonyl (C=O) groups excluding carboxylic acids is 1. The summed E-state index contributed by atoms with van der Waals surface area (Å²) in [6, 6.07) is 0. The molecule has 1 saturated carbocycles. The van der Waals surface area contributed by atoms with Gasteiger partial charge in [-0.3, -0.25) is 9.36 Å². The Bertz CT molecular complexity index is 272. The van der Waals surface area contributed by atoms with E-state index in [9.17, 15) is 9.36 Å². The summed E-state index contributed by atoms with van der Waals surface area (Å²) in [5.41, 5.74) is 5.10. The van der Waals surface area contributed by atoms with Gasteiger partial charge in [-0.15, -0.1) is 0 Å². The van der Waals surface area contributed by atoms with Crippen LogP contribution in [0, 0.1) is 5.92 Å². The van der Waals surface area contributed by atoms with Crippen molar-refractivity contribution in [3.8, 4) is 0 Å². The van der Waals surface area contributed by atoms with Crippen LogP contribution in [-0.4, -0.2) is 28.0 Å². The van der Waals surface area contributed by atoms with E-state index in [1.165, 1.54) is 0 Å². The second kappa shape index (κ2) is 5.07. The molecule has 0 heterocycles. The minimum absolute atomic E-state index is 0.124. The molecular weight excluding hydrogens is 219 g/mol. The number of nitrogens with one attached hydrogen (secondary N) is 1. The molecule has 88 valence electrons. The summed E-state index contributed by atoms with van der Waals surface area (Å²) in [4.78, 5) is 29.3. The van der Waals surface area contributed by atoms with Crippen LogP contribution in [0.1, 0.15) is 25.7 Å². The molecule has 1 rings (SSSR count). The van der Waals surface area contributed by atoms with Gasteiger partial charge < -0.3 is 20.8 Å². The summed E-state index contributed by atoms with van der Waals surface area (Å²) in [5.74, 6) is -1.70. The van der Waals surface area contributed by atoms with Crippen molar-refractivity contribution in [1.82, 2.24) is 5.32 Å². The molecule has 0 aromatic heterocycles. The topological polar surface area (TPSA) is 113 Å². The van der Waals surface area contributed by atoms with Crippen LogP contribution in [-0.2, 0) is 9.36 Å². The lowest BCUT2D eigenvalue weighted by molar-refractivity contribution is -0.120. The second-order valence-corrected chi connectivity index (χ2v) is 5.58. The molecule has 0 saturated heterocycles. The largest absolute Gasteiger partial charge is 0.347 e. The molecular formula is C8H17N2O4P. The highest BCUT2D eigenvalue weighted by atomic mass is 31.2. The summed E-state index contributed by atoms with van der Waals surface area (Å²) in [7, 11) is -4.28. The third-order valence-electron chi connectivity index (χ3n) is 2.70. The lowest BCUT2D eigenvalue weighted by Gasteiger charge is -2.25. The maximum absolute atomic E-state index is 11.2. The Morgan fingerprint density at radius 2 is 2.00 bits per heavy atom. The molecule has 1 fully saturated rings. The number of hydrogen-bond donors (Lipinski definition) is 4. The molecule has 0 radical (unpaired) electrons. The Morgan fingerprint density at radius 1 is 1.47 bits per heavy atom. The lowest BCUT2D eigenvalue weighted by atomic mass is 10.1. The van der Waals surface area contributed by atoms with Gasteiger partial charge in [-0.2, -0.15) is 0 Å². The van der Waals surface area contributed by atoms with Crippen molar-refractivity contribution in [3.63, 3.8) is 0 Å². The summed E-state index contributed by atoms with van der Waals surface area (Å²) in [5, 5.41) is 2.32. The van der Waals surface area contributed by atoms with E-state index in [0.29, 0.717) is 0 Å². The maximum Gasteiger partial charge on any atom is 0.347 e. The average molecular weight is 236 g/mol. The van der Waals surface area contributed by atoms with E-state index in [0.717, 1.165) is 25.7 Å². The van der Waals surface area contributed by atoms with E-state index >= 15 is 0 Å². The minimum atomic E-state index is -4.28. The van der Waals surface area contributed by atoms with Gasteiger partial charge in [-0.05, 0) is 18.8 Å². The molecule has 1 atom stereocenters. The Morgan fingerprint density at radius 3 is 2.40 bits per heavy atom. The Hall–Kier alpha value is -0.420. The molecule has 0 spiro atoms. The van der Waals surface area contributed by atoms with Crippen LogP contribution in [0.25, 0.3) is 0 Å². The number of carbonyl (C=O) groups is 1. The standard InChI is InChI=1S/C8H17N2O4P/c9-5-7(11)10-8(15(12,13)14)6-3-1-2-4-6/h6,8H,1-5,9H2,(H,10,11)(H2,12,13,14). The van der Waals surface area contributed by atoms with Crippen molar-refractivity contribution in [3.05, 3.63) is 0 Å². The zero-order valence-electron chi connectivity index (χ0n) is 8.43. The maximum atomic E-state index is 11.2. The Balaban J connectivity index is 2.69. The van der Waals surface area contributed by atoms with Gasteiger partial charge in [-0.1, -0.05) is 12.8 Å². The molecule has 15 heavy (non-hydrogen) atoms. The molecule has 0 aliphatic heterocycles. The molecule has 0 bridgehead atoms. The third kappa shape index (κ3) is 3.57. The SMILES string of the molecule is NCC(=O)NC(C1CCCC1)P(=O)(O)O. The molecule has 1 aliphatic rings. The normalized spacial score (nSPS) is 20.2. The average Bonchev–Trinajstić information content (AvgIpc) is 2.64. The van der Waals surface area contributed by atoms with Crippen LogP contribution in [0.5, 0.6) is 0 Å². The quantitative estimate of drug-likeness (QED) is 0.503. The monoisotopic (exact) mass is 236 g/mol. The van der Waals surface area contributed by atoms with E-state index in [1.807, 2.05) is 0 Å². The van der Waals surface area contributed by atoms with Gasteiger partial charge >= 0.3 is 7.60 Å². The van der Waals surface area contributed by atoms with Crippen molar-refractivity contribution in [1.29, 1.82) is 0 Å². The number of nitrogens with two attached hydrogens (primary N) is 1. The van der Waals surface area contributed by atoms with E-state index in [2.05, 4.69) is 5.32 Å². The predicted molar refractivity (Wildman–Crippen MR) is 55.0 cm³/mol. The van der Waals surface area contributed by atoms with Crippen LogP contribution in [0.3, 0.4) is 0 Å². The van der Waals surface area contributed by atoms with Crippen LogP contribution in [0.4, 0.5) is 0 Å². The van der Waals surface area contributed by atoms with Gasteiger partial charge in [-0.25, -0.2) is 0 Å². The van der Waals surface area contributed by atoms with Crippen LogP contribution in [0.15, 0.2) is 0 Å². The van der Waals surface area contributed by atoms with Gasteiger partial charge in [0.05, 0.1) is 6.54 Å². The molecule has 6 nitrogen and oxygen atoms in total. The minimum Gasteiger partial charge on any atom is -0.341 e. The Kier molecular flexibility index (Phi) is 4.28.